The van der Waals surface area contributed by atoms with Crippen LogP contribution in [-0.4, -0.2) is 18.8 Å². The molecular formula is C10H13ClO2. The fraction of sp³-hybridized carbons (Fsp3) is 0.400. The van der Waals surface area contributed by atoms with E-state index < -0.39 is 0 Å². The summed E-state index contributed by atoms with van der Waals surface area (Å²) in [5.74, 6) is 0.663. The summed E-state index contributed by atoms with van der Waals surface area (Å²) in [5.41, 5.74) is 2.04. The Hall–Kier alpha value is -0.730. The summed E-state index contributed by atoms with van der Waals surface area (Å²) in [5, 5.41) is 9.44. The van der Waals surface area contributed by atoms with Gasteiger partial charge in [0.15, 0.2) is 0 Å². The summed E-state index contributed by atoms with van der Waals surface area (Å²) < 4.78 is 5.07. The second kappa shape index (κ2) is 4.49. The summed E-state index contributed by atoms with van der Waals surface area (Å²) in [6.07, 6.45) is 0.571. The zero-order valence-electron chi connectivity index (χ0n) is 7.80. The van der Waals surface area contributed by atoms with E-state index in [0.29, 0.717) is 17.2 Å². The molecular weight excluding hydrogens is 188 g/mol. The first kappa shape index (κ1) is 10.4. The smallest absolute Gasteiger partial charge is 0.137 e. The molecule has 1 N–H and O–H groups in total. The van der Waals surface area contributed by atoms with E-state index in [4.69, 9.17) is 21.4 Å². The average Bonchev–Trinajstić information content (AvgIpc) is 2.12. The number of aliphatic hydroxyl groups excluding tert-OH is 1. The minimum absolute atomic E-state index is 0.105. The summed E-state index contributed by atoms with van der Waals surface area (Å²) in [6.45, 7) is 2.07. The predicted octanol–water partition coefficient (Wildman–Crippen LogP) is 2.19. The number of methoxy groups -OCH3 is 1. The van der Waals surface area contributed by atoms with E-state index in [-0.39, 0.29) is 6.61 Å². The Balaban J connectivity index is 3.13. The van der Waals surface area contributed by atoms with Crippen LogP contribution in [0, 0.1) is 6.92 Å². The molecule has 0 aliphatic carbocycles. The standard InChI is InChI=1S/C10H13ClO2/c1-7-3-4-9(13-2)10(11)8(7)5-6-12/h3-4,12H,5-6H2,1-2H3. The lowest BCUT2D eigenvalue weighted by molar-refractivity contribution is 0.299. The van der Waals surface area contributed by atoms with E-state index in [1.807, 2.05) is 19.1 Å². The highest BCUT2D eigenvalue weighted by atomic mass is 35.5. The number of rotatable bonds is 3. The van der Waals surface area contributed by atoms with E-state index in [1.165, 1.54) is 0 Å². The third-order valence-electron chi connectivity index (χ3n) is 2.02. The lowest BCUT2D eigenvalue weighted by Gasteiger charge is -2.10. The fourth-order valence-electron chi connectivity index (χ4n) is 1.27. The number of benzene rings is 1. The van der Waals surface area contributed by atoms with Gasteiger partial charge >= 0.3 is 0 Å². The molecule has 0 spiro atoms. The van der Waals surface area contributed by atoms with E-state index in [9.17, 15) is 0 Å². The van der Waals surface area contributed by atoms with Crippen molar-refractivity contribution in [2.45, 2.75) is 13.3 Å². The Morgan fingerprint density at radius 1 is 1.46 bits per heavy atom. The average molecular weight is 201 g/mol. The number of hydrogen-bond acceptors (Lipinski definition) is 2. The number of hydrogen-bond donors (Lipinski definition) is 1. The maximum absolute atomic E-state index is 8.83. The normalized spacial score (nSPS) is 10.2. The van der Waals surface area contributed by atoms with Crippen molar-refractivity contribution in [1.82, 2.24) is 0 Å². The quantitative estimate of drug-likeness (QED) is 0.811. The van der Waals surface area contributed by atoms with Gasteiger partial charge in [0.25, 0.3) is 0 Å². The summed E-state index contributed by atoms with van der Waals surface area (Å²) in [7, 11) is 1.58. The van der Waals surface area contributed by atoms with Gasteiger partial charge in [0.1, 0.15) is 5.75 Å². The minimum atomic E-state index is 0.105. The molecule has 0 bridgehead atoms. The Morgan fingerprint density at radius 3 is 2.69 bits per heavy atom. The number of halogens is 1. The van der Waals surface area contributed by atoms with Gasteiger partial charge in [-0.15, -0.1) is 0 Å². The van der Waals surface area contributed by atoms with Crippen LogP contribution < -0.4 is 4.74 Å². The molecule has 0 heterocycles. The van der Waals surface area contributed by atoms with Gasteiger partial charge in [0, 0.05) is 6.61 Å². The van der Waals surface area contributed by atoms with Crippen LogP contribution >= 0.6 is 11.6 Å². The van der Waals surface area contributed by atoms with Crippen molar-refractivity contribution in [2.24, 2.45) is 0 Å². The van der Waals surface area contributed by atoms with Crippen molar-refractivity contribution in [3.8, 4) is 5.75 Å². The van der Waals surface area contributed by atoms with Crippen molar-refractivity contribution in [3.05, 3.63) is 28.3 Å². The largest absolute Gasteiger partial charge is 0.495 e. The van der Waals surface area contributed by atoms with Gasteiger partial charge < -0.3 is 9.84 Å². The molecule has 0 saturated heterocycles. The molecule has 0 saturated carbocycles. The molecule has 0 aliphatic heterocycles. The van der Waals surface area contributed by atoms with Gasteiger partial charge in [0.2, 0.25) is 0 Å². The van der Waals surface area contributed by atoms with E-state index in [1.54, 1.807) is 7.11 Å². The maximum Gasteiger partial charge on any atom is 0.137 e. The molecule has 13 heavy (non-hydrogen) atoms. The SMILES string of the molecule is COc1ccc(C)c(CCO)c1Cl. The van der Waals surface area contributed by atoms with Crippen molar-refractivity contribution in [1.29, 1.82) is 0 Å². The van der Waals surface area contributed by atoms with Crippen LogP contribution in [0.25, 0.3) is 0 Å². The van der Waals surface area contributed by atoms with Crippen molar-refractivity contribution < 1.29 is 9.84 Å². The molecule has 0 unspecified atom stereocenters. The van der Waals surface area contributed by atoms with Gasteiger partial charge in [-0.1, -0.05) is 17.7 Å². The van der Waals surface area contributed by atoms with Gasteiger partial charge in [0.05, 0.1) is 12.1 Å². The Kier molecular flexibility index (Phi) is 3.58. The van der Waals surface area contributed by atoms with Crippen molar-refractivity contribution in [2.75, 3.05) is 13.7 Å². The monoisotopic (exact) mass is 200 g/mol. The molecule has 0 fully saturated rings. The molecule has 1 aromatic carbocycles. The number of ether oxygens (including phenoxy) is 1. The lowest BCUT2D eigenvalue weighted by atomic mass is 10.1. The van der Waals surface area contributed by atoms with E-state index >= 15 is 0 Å². The Morgan fingerprint density at radius 2 is 2.15 bits per heavy atom. The molecule has 0 aromatic heterocycles. The van der Waals surface area contributed by atoms with Crippen LogP contribution in [0.2, 0.25) is 5.02 Å². The molecule has 0 radical (unpaired) electrons. The molecule has 0 aliphatic rings. The lowest BCUT2D eigenvalue weighted by Crippen LogP contribution is -1.97. The molecule has 1 rings (SSSR count). The highest BCUT2D eigenvalue weighted by Crippen LogP contribution is 2.30. The summed E-state index contributed by atoms with van der Waals surface area (Å²) in [6, 6.07) is 3.77. The zero-order chi connectivity index (χ0) is 9.84. The van der Waals surface area contributed by atoms with Crippen LogP contribution in [0.5, 0.6) is 5.75 Å². The molecule has 3 heteroatoms. The maximum atomic E-state index is 8.83. The first-order valence-electron chi connectivity index (χ1n) is 4.13. The molecule has 72 valence electrons. The number of aryl methyl sites for hydroxylation is 1. The summed E-state index contributed by atoms with van der Waals surface area (Å²) >= 11 is 6.06. The van der Waals surface area contributed by atoms with Crippen molar-refractivity contribution >= 4 is 11.6 Å². The van der Waals surface area contributed by atoms with Crippen LogP contribution in [0.3, 0.4) is 0 Å². The third kappa shape index (κ3) is 2.14. The predicted molar refractivity (Wildman–Crippen MR) is 53.5 cm³/mol. The van der Waals surface area contributed by atoms with Crippen LogP contribution in [0.4, 0.5) is 0 Å². The van der Waals surface area contributed by atoms with Crippen molar-refractivity contribution in [3.63, 3.8) is 0 Å². The highest BCUT2D eigenvalue weighted by molar-refractivity contribution is 6.32. The number of aliphatic hydroxyl groups is 1. The van der Waals surface area contributed by atoms with Crippen LogP contribution in [-0.2, 0) is 6.42 Å². The minimum Gasteiger partial charge on any atom is -0.495 e. The third-order valence-corrected chi connectivity index (χ3v) is 2.44. The Bertz CT molecular complexity index is 297. The van der Waals surface area contributed by atoms with Crippen LogP contribution in [0.1, 0.15) is 11.1 Å². The van der Waals surface area contributed by atoms with Gasteiger partial charge in [-0.05, 0) is 30.5 Å². The molecule has 2 nitrogen and oxygen atoms in total. The molecule has 1 aromatic rings. The second-order valence-corrected chi connectivity index (χ2v) is 3.23. The van der Waals surface area contributed by atoms with Gasteiger partial charge in [-0.2, -0.15) is 0 Å². The second-order valence-electron chi connectivity index (χ2n) is 2.85. The van der Waals surface area contributed by atoms with Gasteiger partial charge in [-0.3, -0.25) is 0 Å². The van der Waals surface area contributed by atoms with E-state index in [0.717, 1.165) is 11.1 Å². The zero-order valence-corrected chi connectivity index (χ0v) is 8.56. The fourth-order valence-corrected chi connectivity index (χ4v) is 1.66. The van der Waals surface area contributed by atoms with Crippen LogP contribution in [0.15, 0.2) is 12.1 Å². The Labute approximate surface area is 83.1 Å². The topological polar surface area (TPSA) is 29.5 Å². The first-order chi connectivity index (χ1) is 6.20. The molecule has 0 atom stereocenters. The van der Waals surface area contributed by atoms with Gasteiger partial charge in [-0.25, -0.2) is 0 Å². The summed E-state index contributed by atoms with van der Waals surface area (Å²) in [4.78, 5) is 0. The molecule has 0 amide bonds. The highest BCUT2D eigenvalue weighted by Gasteiger charge is 2.08. The first-order valence-corrected chi connectivity index (χ1v) is 4.51. The van der Waals surface area contributed by atoms with E-state index in [2.05, 4.69) is 0 Å².